The summed E-state index contributed by atoms with van der Waals surface area (Å²) in [5.41, 5.74) is 0. The topological polar surface area (TPSA) is 38.3 Å². The number of methoxy groups -OCH3 is 1. The minimum atomic E-state index is -0.413. The molecule has 3 nitrogen and oxygen atoms in total. The molecule has 0 radical (unpaired) electrons. The summed E-state index contributed by atoms with van der Waals surface area (Å²) in [4.78, 5) is 10.8. The Bertz CT molecular complexity index is 178. The number of rotatable bonds is 6. The molecule has 74 valence electrons. The minimum Gasteiger partial charge on any atom is -0.453 e. The van der Waals surface area contributed by atoms with Gasteiger partial charge in [0.05, 0.1) is 13.2 Å². The highest BCUT2D eigenvalue weighted by Crippen LogP contribution is 2.02. The van der Waals surface area contributed by atoms with Crippen molar-refractivity contribution >= 4 is 6.09 Å². The Hall–Kier alpha value is -1.25. The van der Waals surface area contributed by atoms with Crippen LogP contribution in [0, 0.1) is 0 Å². The Morgan fingerprint density at radius 1 is 1.62 bits per heavy atom. The van der Waals surface area contributed by atoms with E-state index in [4.69, 9.17) is 0 Å². The molecule has 0 heterocycles. The van der Waals surface area contributed by atoms with Crippen LogP contribution in [0.25, 0.3) is 0 Å². The Morgan fingerprint density at radius 3 is 2.77 bits per heavy atom. The maximum atomic E-state index is 10.8. The lowest BCUT2D eigenvalue weighted by Crippen LogP contribution is -2.32. The van der Waals surface area contributed by atoms with Crippen molar-refractivity contribution in [3.05, 3.63) is 25.3 Å². The van der Waals surface area contributed by atoms with Gasteiger partial charge in [-0.25, -0.2) is 4.79 Å². The normalized spacial score (nSPS) is 11.5. The van der Waals surface area contributed by atoms with Crippen LogP contribution in [-0.4, -0.2) is 19.2 Å². The lowest BCUT2D eigenvalue weighted by molar-refractivity contribution is 0.168. The predicted octanol–water partition coefficient (Wildman–Crippen LogP) is 2.25. The van der Waals surface area contributed by atoms with Crippen molar-refractivity contribution in [2.24, 2.45) is 0 Å². The maximum absolute atomic E-state index is 10.8. The molecule has 0 aliphatic heterocycles. The fourth-order valence-corrected chi connectivity index (χ4v) is 0.941. The number of amides is 1. The first-order chi connectivity index (χ1) is 6.24. The van der Waals surface area contributed by atoms with E-state index in [0.29, 0.717) is 0 Å². The molecule has 3 heteroatoms. The van der Waals surface area contributed by atoms with Crippen molar-refractivity contribution in [2.45, 2.75) is 25.3 Å². The van der Waals surface area contributed by atoms with Gasteiger partial charge in [-0.15, -0.1) is 13.2 Å². The van der Waals surface area contributed by atoms with Crippen molar-refractivity contribution in [2.75, 3.05) is 7.11 Å². The van der Waals surface area contributed by atoms with E-state index in [0.717, 1.165) is 19.3 Å². The average molecular weight is 183 g/mol. The molecule has 0 aromatic carbocycles. The van der Waals surface area contributed by atoms with Gasteiger partial charge in [0, 0.05) is 0 Å². The lowest BCUT2D eigenvalue weighted by Gasteiger charge is -2.12. The van der Waals surface area contributed by atoms with Gasteiger partial charge >= 0.3 is 6.09 Å². The van der Waals surface area contributed by atoms with Gasteiger partial charge in [-0.05, 0) is 19.3 Å². The van der Waals surface area contributed by atoms with Crippen molar-refractivity contribution in [1.29, 1.82) is 0 Å². The Balaban J connectivity index is 3.68. The fourth-order valence-electron chi connectivity index (χ4n) is 0.941. The van der Waals surface area contributed by atoms with Crippen LogP contribution in [0.3, 0.4) is 0 Å². The molecule has 0 spiro atoms. The highest BCUT2D eigenvalue weighted by molar-refractivity contribution is 5.67. The van der Waals surface area contributed by atoms with Crippen LogP contribution in [0.15, 0.2) is 25.3 Å². The zero-order chi connectivity index (χ0) is 10.1. The summed E-state index contributed by atoms with van der Waals surface area (Å²) in [6, 6.07) is -0.00704. The van der Waals surface area contributed by atoms with Gasteiger partial charge in [0.2, 0.25) is 0 Å². The number of alkyl carbamates (subject to hydrolysis) is 1. The third-order valence-corrected chi connectivity index (χ3v) is 1.70. The summed E-state index contributed by atoms with van der Waals surface area (Å²) in [6.07, 6.45) is 5.96. The molecule has 1 atom stereocenters. The van der Waals surface area contributed by atoms with Gasteiger partial charge in [0.15, 0.2) is 0 Å². The Morgan fingerprint density at radius 2 is 2.31 bits per heavy atom. The van der Waals surface area contributed by atoms with E-state index >= 15 is 0 Å². The van der Waals surface area contributed by atoms with Crippen molar-refractivity contribution < 1.29 is 9.53 Å². The second kappa shape index (κ2) is 7.40. The molecule has 1 unspecified atom stereocenters. The standard InChI is InChI=1S/C10H17NO2/c1-4-6-7-8-9(5-2)11-10(12)13-3/h4-5,9H,1-2,6-8H2,3H3,(H,11,12). The van der Waals surface area contributed by atoms with Crippen LogP contribution in [0.2, 0.25) is 0 Å². The molecule has 0 aliphatic rings. The average Bonchev–Trinajstić information content (AvgIpc) is 2.16. The van der Waals surface area contributed by atoms with E-state index in [9.17, 15) is 4.79 Å². The van der Waals surface area contributed by atoms with E-state index in [1.165, 1.54) is 7.11 Å². The number of nitrogens with one attached hydrogen (secondary N) is 1. The zero-order valence-corrected chi connectivity index (χ0v) is 8.08. The summed E-state index contributed by atoms with van der Waals surface area (Å²) < 4.78 is 4.47. The molecule has 0 aromatic heterocycles. The van der Waals surface area contributed by atoms with E-state index < -0.39 is 6.09 Å². The number of allylic oxidation sites excluding steroid dienone is 1. The summed E-state index contributed by atoms with van der Waals surface area (Å²) in [5.74, 6) is 0. The molecule has 0 aromatic rings. The van der Waals surface area contributed by atoms with Crippen LogP contribution in [0.1, 0.15) is 19.3 Å². The summed E-state index contributed by atoms with van der Waals surface area (Å²) in [5, 5.41) is 2.66. The maximum Gasteiger partial charge on any atom is 0.407 e. The van der Waals surface area contributed by atoms with Crippen molar-refractivity contribution in [3.63, 3.8) is 0 Å². The zero-order valence-electron chi connectivity index (χ0n) is 8.08. The molecule has 1 N–H and O–H groups in total. The number of carbonyl (C=O) groups excluding carboxylic acids is 1. The smallest absolute Gasteiger partial charge is 0.407 e. The molecular formula is C10H17NO2. The van der Waals surface area contributed by atoms with E-state index in [1.807, 2.05) is 6.08 Å². The number of hydrogen-bond acceptors (Lipinski definition) is 2. The van der Waals surface area contributed by atoms with Gasteiger partial charge in [0.25, 0.3) is 0 Å². The second-order valence-corrected chi connectivity index (χ2v) is 2.70. The Kier molecular flexibility index (Phi) is 6.69. The van der Waals surface area contributed by atoms with Gasteiger partial charge in [-0.2, -0.15) is 0 Å². The minimum absolute atomic E-state index is 0.00704. The van der Waals surface area contributed by atoms with Gasteiger partial charge < -0.3 is 10.1 Å². The molecule has 0 saturated heterocycles. The van der Waals surface area contributed by atoms with Crippen LogP contribution >= 0.6 is 0 Å². The first-order valence-electron chi connectivity index (χ1n) is 4.32. The Labute approximate surface area is 79.5 Å². The van der Waals surface area contributed by atoms with Gasteiger partial charge in [-0.1, -0.05) is 12.2 Å². The molecule has 1 amide bonds. The molecule has 0 aliphatic carbocycles. The van der Waals surface area contributed by atoms with Gasteiger partial charge in [-0.3, -0.25) is 0 Å². The highest BCUT2D eigenvalue weighted by Gasteiger charge is 2.06. The van der Waals surface area contributed by atoms with E-state index in [2.05, 4.69) is 23.2 Å². The summed E-state index contributed by atoms with van der Waals surface area (Å²) >= 11 is 0. The predicted molar refractivity (Wildman–Crippen MR) is 53.6 cm³/mol. The molecule has 13 heavy (non-hydrogen) atoms. The molecule has 0 rings (SSSR count). The van der Waals surface area contributed by atoms with Crippen molar-refractivity contribution in [3.8, 4) is 0 Å². The SMILES string of the molecule is C=CCCCC(C=C)NC(=O)OC. The summed E-state index contributed by atoms with van der Waals surface area (Å²) in [6.45, 7) is 7.25. The number of carbonyl (C=O) groups is 1. The van der Waals surface area contributed by atoms with E-state index in [-0.39, 0.29) is 6.04 Å². The van der Waals surface area contributed by atoms with Crippen LogP contribution in [0.4, 0.5) is 4.79 Å². The quantitative estimate of drug-likeness (QED) is 0.506. The third-order valence-electron chi connectivity index (χ3n) is 1.70. The largest absolute Gasteiger partial charge is 0.453 e. The first-order valence-corrected chi connectivity index (χ1v) is 4.32. The second-order valence-electron chi connectivity index (χ2n) is 2.70. The molecular weight excluding hydrogens is 166 g/mol. The van der Waals surface area contributed by atoms with Gasteiger partial charge in [0.1, 0.15) is 0 Å². The number of hydrogen-bond donors (Lipinski definition) is 1. The monoisotopic (exact) mass is 183 g/mol. The number of unbranched alkanes of at least 4 members (excludes halogenated alkanes) is 1. The lowest BCUT2D eigenvalue weighted by atomic mass is 10.1. The first kappa shape index (κ1) is 11.8. The number of ether oxygens (including phenoxy) is 1. The van der Waals surface area contributed by atoms with Crippen LogP contribution < -0.4 is 5.32 Å². The molecule has 0 fully saturated rings. The molecule has 0 bridgehead atoms. The summed E-state index contributed by atoms with van der Waals surface area (Å²) in [7, 11) is 1.35. The molecule has 0 saturated carbocycles. The van der Waals surface area contributed by atoms with Crippen LogP contribution in [0.5, 0.6) is 0 Å². The van der Waals surface area contributed by atoms with E-state index in [1.54, 1.807) is 6.08 Å². The highest BCUT2D eigenvalue weighted by atomic mass is 16.5. The van der Waals surface area contributed by atoms with Crippen LogP contribution in [-0.2, 0) is 4.74 Å². The fraction of sp³-hybridized carbons (Fsp3) is 0.500. The van der Waals surface area contributed by atoms with Crippen molar-refractivity contribution in [1.82, 2.24) is 5.32 Å². The third kappa shape index (κ3) is 5.96.